The van der Waals surface area contributed by atoms with E-state index >= 15 is 0 Å². The van der Waals surface area contributed by atoms with Crippen molar-refractivity contribution < 1.29 is 134 Å². The number of unbranched alkanes of at least 4 members (excludes halogenated alkanes) is 27. The number of rotatable bonds is 54. The number of hydrogen-bond donors (Lipinski definition) is 6. The molecule has 1 aromatic heterocycles. The Balaban J connectivity index is -0.0000187. The summed E-state index contributed by atoms with van der Waals surface area (Å²) in [5, 5.41) is 76.0. The van der Waals surface area contributed by atoms with Crippen molar-refractivity contribution in [2.75, 3.05) is 35.6 Å². The van der Waals surface area contributed by atoms with Crippen molar-refractivity contribution in [1.82, 2.24) is 15.0 Å². The molecule has 0 aliphatic heterocycles. The first-order chi connectivity index (χ1) is 36.4. The zero-order valence-corrected chi connectivity index (χ0v) is 55.9. The molecule has 21 heteroatoms. The molecular weight excluding hydrogens is 1020 g/mol. The molecule has 6 N–H and O–H groups in total. The van der Waals surface area contributed by atoms with Gasteiger partial charge in [-0.15, -0.1) is 0 Å². The number of aliphatic imine (C=N–C) groups is 3. The summed E-state index contributed by atoms with van der Waals surface area (Å²) in [5.74, 6) is -4.68. The summed E-state index contributed by atoms with van der Waals surface area (Å²) >= 11 is 0. The van der Waals surface area contributed by atoms with Crippen molar-refractivity contribution >= 4 is 53.4 Å². The molecule has 0 amide bonds. The fourth-order valence-corrected chi connectivity index (χ4v) is 8.80. The zero-order chi connectivity index (χ0) is 55.0. The molecule has 0 radical (unpaired) electrons. The maximum absolute atomic E-state index is 12.5. The molecule has 18 nitrogen and oxygen atoms in total. The van der Waals surface area contributed by atoms with E-state index in [1.165, 1.54) is 116 Å². The number of anilines is 3. The molecule has 0 saturated heterocycles. The van der Waals surface area contributed by atoms with Crippen molar-refractivity contribution in [3.05, 3.63) is 0 Å². The molecule has 0 aromatic carbocycles. The van der Waals surface area contributed by atoms with Gasteiger partial charge in [0.25, 0.3) is 0 Å². The first kappa shape index (κ1) is 80.5. The van der Waals surface area contributed by atoms with Gasteiger partial charge in [0.2, 0.25) is 17.8 Å². The van der Waals surface area contributed by atoms with E-state index in [1.807, 2.05) is 0 Å². The van der Waals surface area contributed by atoms with Crippen LogP contribution in [0, 0.1) is 0 Å². The summed E-state index contributed by atoms with van der Waals surface area (Å²) in [6.07, 6.45) is 35.4. The summed E-state index contributed by atoms with van der Waals surface area (Å²) in [6, 6.07) is -3.56. The molecule has 0 unspecified atom stereocenters. The van der Waals surface area contributed by atoms with Gasteiger partial charge < -0.3 is 61.6 Å². The Morgan fingerprint density at radius 1 is 0.359 bits per heavy atom. The zero-order valence-electron chi connectivity index (χ0n) is 49.9. The Kier molecular flexibility index (Phi) is 58.9. The van der Waals surface area contributed by atoms with E-state index in [0.717, 1.165) is 57.8 Å². The van der Waals surface area contributed by atoms with Gasteiger partial charge in [-0.1, -0.05) is 175 Å². The third kappa shape index (κ3) is 47.8. The standard InChI is InChI=1S/C57H105N9O9.3Na/c1-4-7-10-13-16-19-22-25-28-40-49(67)58-43-34-31-37-46(52(70)71)61-55-64-56(62-47(53(72)73)38-32-35-44-59-50(68)41-29-26-23-20-17-14-11-8-5-2)66-57(65-55)63-48(54(74)75)39-33-36-45-60-51(69)42-30-27-24-21-18-15-12-9-6-3;;;/h46-48H,4-45H2,1-3H3,(H,58,67)(H,59,68)(H,60,69)(H,70,71)(H,72,73)(H,74,75)(H3,61,62,63,64,65,66);;;/q;3*+1/p-3/t46-,47-,48-;;;/m0.../s1. The summed E-state index contributed by atoms with van der Waals surface area (Å²) in [5.41, 5.74) is 0. The number of aromatic nitrogens is 3. The smallest absolute Gasteiger partial charge is 0.862 e. The van der Waals surface area contributed by atoms with E-state index in [0.29, 0.717) is 57.8 Å². The maximum Gasteiger partial charge on any atom is 1.00 e. The van der Waals surface area contributed by atoms with Crippen LogP contribution in [0.2, 0.25) is 0 Å². The molecule has 1 heterocycles. The third-order valence-corrected chi connectivity index (χ3v) is 13.5. The first-order valence-corrected chi connectivity index (χ1v) is 29.7. The van der Waals surface area contributed by atoms with E-state index in [1.54, 1.807) is 0 Å². The number of nitrogens with one attached hydrogen (secondary N) is 3. The molecule has 0 spiro atoms. The second-order valence-corrected chi connectivity index (χ2v) is 20.5. The second-order valence-electron chi connectivity index (χ2n) is 20.5. The van der Waals surface area contributed by atoms with Gasteiger partial charge in [0.1, 0.15) is 18.1 Å². The Labute approximate surface area is 537 Å². The molecule has 0 aliphatic rings. The van der Waals surface area contributed by atoms with Gasteiger partial charge in [0.15, 0.2) is 0 Å². The van der Waals surface area contributed by atoms with Crippen LogP contribution in [-0.2, 0) is 14.4 Å². The molecule has 432 valence electrons. The van der Waals surface area contributed by atoms with Gasteiger partial charge in [-0.05, 0) is 114 Å². The maximum atomic E-state index is 12.5. The van der Waals surface area contributed by atoms with E-state index in [2.05, 4.69) is 66.7 Å². The fraction of sp³-hybridized carbons (Fsp3) is 0.842. The predicted octanol–water partition coefficient (Wildman–Crippen LogP) is 2.03. The molecule has 78 heavy (non-hydrogen) atoms. The van der Waals surface area contributed by atoms with E-state index in [9.17, 15) is 45.0 Å². The first-order valence-electron chi connectivity index (χ1n) is 29.7. The Bertz CT molecular complexity index is 1520. The van der Waals surface area contributed by atoms with E-state index in [-0.39, 0.29) is 163 Å². The second kappa shape index (κ2) is 57.1. The minimum Gasteiger partial charge on any atom is -0.862 e. The molecule has 1 rings (SSSR count). The van der Waals surface area contributed by atoms with Crippen molar-refractivity contribution in [2.24, 2.45) is 15.0 Å². The van der Waals surface area contributed by atoms with Crippen LogP contribution >= 0.6 is 0 Å². The summed E-state index contributed by atoms with van der Waals surface area (Å²) < 4.78 is 0. The van der Waals surface area contributed by atoms with Crippen LogP contribution in [0.5, 0.6) is 0 Å². The van der Waals surface area contributed by atoms with Crippen LogP contribution < -0.4 is 120 Å². The number of carboxylic acid groups (broad SMARTS) is 3. The summed E-state index contributed by atoms with van der Waals surface area (Å²) in [7, 11) is 0. The van der Waals surface area contributed by atoms with Crippen LogP contribution in [0.1, 0.15) is 271 Å². The van der Waals surface area contributed by atoms with Gasteiger partial charge in [0, 0.05) is 19.6 Å². The van der Waals surface area contributed by atoms with Crippen molar-refractivity contribution in [2.45, 2.75) is 289 Å². The largest absolute Gasteiger partial charge is 1.00 e. The van der Waals surface area contributed by atoms with Gasteiger partial charge in [-0.25, -0.2) is 14.4 Å². The van der Waals surface area contributed by atoms with Crippen LogP contribution in [0.3, 0.4) is 0 Å². The van der Waals surface area contributed by atoms with Gasteiger partial charge in [0.05, 0.1) is 0 Å². The van der Waals surface area contributed by atoms with Crippen molar-refractivity contribution in [3.8, 4) is 0 Å². The molecule has 0 fully saturated rings. The molecule has 0 bridgehead atoms. The minimum atomic E-state index is -1.20. The van der Waals surface area contributed by atoms with Crippen LogP contribution in [0.15, 0.2) is 15.0 Å². The Morgan fingerprint density at radius 2 is 0.564 bits per heavy atom. The number of carbonyl (C=O) groups is 3. The monoisotopic (exact) mass is 1130 g/mol. The predicted molar refractivity (Wildman–Crippen MR) is 299 cm³/mol. The van der Waals surface area contributed by atoms with Gasteiger partial charge in [-0.3, -0.25) is 0 Å². The molecule has 1 aromatic rings. The van der Waals surface area contributed by atoms with Gasteiger partial charge >= 0.3 is 107 Å². The third-order valence-electron chi connectivity index (χ3n) is 13.5. The average Bonchev–Trinajstić information content (AvgIpc) is 3.37. The number of carboxylic acids is 3. The molecular formula is C57H102N9Na3O9. The summed E-state index contributed by atoms with van der Waals surface area (Å²) in [4.78, 5) is 62.8. The number of aliphatic carboxylic acids is 3. The van der Waals surface area contributed by atoms with E-state index in [4.69, 9.17) is 0 Å². The molecule has 0 aliphatic carbocycles. The normalized spacial score (nSPS) is 12.9. The van der Waals surface area contributed by atoms with Crippen molar-refractivity contribution in [3.63, 3.8) is 0 Å². The minimum absolute atomic E-state index is 0. The van der Waals surface area contributed by atoms with Crippen LogP contribution in [0.4, 0.5) is 17.8 Å². The Hall–Kier alpha value is -1.77. The average molecular weight is 1130 g/mol. The number of nitrogens with zero attached hydrogens (tertiary/aromatic N) is 6. The molecule has 0 saturated carbocycles. The van der Waals surface area contributed by atoms with Crippen LogP contribution in [0.25, 0.3) is 0 Å². The number of hydrogen-bond acceptors (Lipinski definition) is 15. The quantitative estimate of drug-likeness (QED) is 0.0236. The Morgan fingerprint density at radius 3 is 0.769 bits per heavy atom. The molecule has 3 atom stereocenters. The van der Waals surface area contributed by atoms with E-state index < -0.39 is 36.0 Å². The van der Waals surface area contributed by atoms with Crippen LogP contribution in [-0.4, -0.2) is 104 Å². The fourth-order valence-electron chi connectivity index (χ4n) is 8.80. The SMILES string of the molecule is CCCCCCCCCCCC([O-])=NCCCC[C@H](Nc1nc(N[C@@H](CCCCN=C([O-])CCCCCCCCCCC)C(=O)O)nc(N[C@@H](CCCCN=C([O-])CCCCCCCCCCC)C(=O)O)n1)C(=O)O.[Na+].[Na+].[Na+]. The topological polar surface area (TPSA) is 293 Å². The summed E-state index contributed by atoms with van der Waals surface area (Å²) in [6.45, 7) is 7.44. The van der Waals surface area contributed by atoms with Crippen molar-refractivity contribution in [1.29, 1.82) is 0 Å². The van der Waals surface area contributed by atoms with Gasteiger partial charge in [-0.2, -0.15) is 15.0 Å².